The Labute approximate surface area is 149 Å². The quantitative estimate of drug-likeness (QED) is 0.717. The minimum atomic E-state index is -0.269. The zero-order valence-electron chi connectivity index (χ0n) is 15.1. The van der Waals surface area contributed by atoms with E-state index >= 15 is 0 Å². The van der Waals surface area contributed by atoms with Crippen molar-refractivity contribution in [2.24, 2.45) is 0 Å². The van der Waals surface area contributed by atoms with Gasteiger partial charge in [-0.15, -0.1) is 0 Å². The number of nitrogens with zero attached hydrogens (tertiary/aromatic N) is 2. The van der Waals surface area contributed by atoms with Crippen LogP contribution < -0.4 is 0 Å². The molecule has 0 saturated heterocycles. The van der Waals surface area contributed by atoms with Crippen molar-refractivity contribution in [2.45, 2.75) is 13.5 Å². The molecule has 2 aromatic rings. The SMILES string of the molecule is Cc1ccc(/C=C/C(=O)N(CCN(C)C)Cc2ccc(F)cc2)cc1. The van der Waals surface area contributed by atoms with Gasteiger partial charge in [0.2, 0.25) is 5.91 Å². The molecule has 0 fully saturated rings. The van der Waals surface area contributed by atoms with Gasteiger partial charge in [0.25, 0.3) is 0 Å². The second-order valence-corrected chi connectivity index (χ2v) is 6.43. The fourth-order valence-electron chi connectivity index (χ4n) is 2.35. The standard InChI is InChI=1S/C21H25FN2O/c1-17-4-6-18(7-5-17)10-13-21(25)24(15-14-23(2)3)16-19-8-11-20(22)12-9-19/h4-13H,14-16H2,1-3H3/b13-10+. The van der Waals surface area contributed by atoms with Crippen molar-refractivity contribution < 1.29 is 9.18 Å². The number of hydrogen-bond acceptors (Lipinski definition) is 2. The van der Waals surface area contributed by atoms with Gasteiger partial charge in [-0.1, -0.05) is 42.0 Å². The molecule has 25 heavy (non-hydrogen) atoms. The largest absolute Gasteiger partial charge is 0.334 e. The summed E-state index contributed by atoms with van der Waals surface area (Å²) in [5.74, 6) is -0.319. The Kier molecular flexibility index (Phi) is 6.90. The van der Waals surface area contributed by atoms with E-state index in [-0.39, 0.29) is 11.7 Å². The summed E-state index contributed by atoms with van der Waals surface area (Å²) in [5, 5.41) is 0. The van der Waals surface area contributed by atoms with Crippen LogP contribution in [0.2, 0.25) is 0 Å². The molecule has 0 aliphatic rings. The Bertz CT molecular complexity index is 706. The zero-order valence-corrected chi connectivity index (χ0v) is 15.1. The summed E-state index contributed by atoms with van der Waals surface area (Å²) in [5.41, 5.74) is 3.10. The van der Waals surface area contributed by atoms with E-state index in [2.05, 4.69) is 0 Å². The molecule has 0 heterocycles. The number of hydrogen-bond donors (Lipinski definition) is 0. The maximum Gasteiger partial charge on any atom is 0.246 e. The Balaban J connectivity index is 2.08. The molecule has 0 unspecified atom stereocenters. The van der Waals surface area contributed by atoms with Gasteiger partial charge in [-0.2, -0.15) is 0 Å². The third kappa shape index (κ3) is 6.51. The molecular formula is C21H25FN2O. The molecule has 0 aliphatic carbocycles. The van der Waals surface area contributed by atoms with Crippen LogP contribution in [0.5, 0.6) is 0 Å². The lowest BCUT2D eigenvalue weighted by Crippen LogP contribution is -2.35. The first-order valence-corrected chi connectivity index (χ1v) is 8.37. The van der Waals surface area contributed by atoms with E-state index in [1.165, 1.54) is 17.7 Å². The molecule has 0 saturated carbocycles. The summed E-state index contributed by atoms with van der Waals surface area (Å²) >= 11 is 0. The highest BCUT2D eigenvalue weighted by atomic mass is 19.1. The fourth-order valence-corrected chi connectivity index (χ4v) is 2.35. The lowest BCUT2D eigenvalue weighted by molar-refractivity contribution is -0.126. The van der Waals surface area contributed by atoms with Crippen LogP contribution in [0.25, 0.3) is 6.08 Å². The number of likely N-dealkylation sites (N-methyl/N-ethyl adjacent to an activating group) is 1. The number of aryl methyl sites for hydroxylation is 1. The van der Waals surface area contributed by atoms with Crippen LogP contribution >= 0.6 is 0 Å². The van der Waals surface area contributed by atoms with Crippen LogP contribution in [-0.4, -0.2) is 42.9 Å². The fraction of sp³-hybridized carbons (Fsp3) is 0.286. The van der Waals surface area contributed by atoms with E-state index < -0.39 is 0 Å². The van der Waals surface area contributed by atoms with Gasteiger partial charge >= 0.3 is 0 Å². The predicted octanol–water partition coefficient (Wildman–Crippen LogP) is 3.74. The molecule has 0 radical (unpaired) electrons. The van der Waals surface area contributed by atoms with E-state index in [4.69, 9.17) is 0 Å². The number of rotatable bonds is 7. The Hall–Kier alpha value is -2.46. The minimum absolute atomic E-state index is 0.0493. The second kappa shape index (κ2) is 9.14. The molecule has 0 atom stereocenters. The molecule has 132 valence electrons. The maximum absolute atomic E-state index is 13.1. The molecule has 0 aliphatic heterocycles. The summed E-state index contributed by atoms with van der Waals surface area (Å²) < 4.78 is 13.1. The summed E-state index contributed by atoms with van der Waals surface area (Å²) in [6.07, 6.45) is 3.43. The summed E-state index contributed by atoms with van der Waals surface area (Å²) in [4.78, 5) is 16.4. The van der Waals surface area contributed by atoms with E-state index in [1.807, 2.05) is 56.3 Å². The molecule has 4 heteroatoms. The monoisotopic (exact) mass is 340 g/mol. The van der Waals surface area contributed by atoms with Crippen LogP contribution in [0.15, 0.2) is 54.6 Å². The number of amides is 1. The van der Waals surface area contributed by atoms with Crippen LogP contribution in [0.3, 0.4) is 0 Å². The summed E-state index contributed by atoms with van der Waals surface area (Å²) in [6, 6.07) is 14.3. The molecule has 0 bridgehead atoms. The predicted molar refractivity (Wildman–Crippen MR) is 101 cm³/mol. The molecule has 0 N–H and O–H groups in total. The average Bonchev–Trinajstić information content (AvgIpc) is 2.59. The first-order chi connectivity index (χ1) is 11.9. The number of carbonyl (C=O) groups is 1. The number of benzene rings is 2. The first kappa shape index (κ1) is 18.9. The highest BCUT2D eigenvalue weighted by molar-refractivity contribution is 5.91. The van der Waals surface area contributed by atoms with E-state index in [0.29, 0.717) is 13.1 Å². The lowest BCUT2D eigenvalue weighted by Gasteiger charge is -2.23. The van der Waals surface area contributed by atoms with Gasteiger partial charge in [-0.3, -0.25) is 4.79 Å². The zero-order chi connectivity index (χ0) is 18.2. The van der Waals surface area contributed by atoms with E-state index in [9.17, 15) is 9.18 Å². The third-order valence-electron chi connectivity index (χ3n) is 3.91. The van der Waals surface area contributed by atoms with Crippen molar-refractivity contribution >= 4 is 12.0 Å². The second-order valence-electron chi connectivity index (χ2n) is 6.43. The molecule has 2 aromatic carbocycles. The van der Waals surface area contributed by atoms with Crippen LogP contribution in [0, 0.1) is 12.7 Å². The van der Waals surface area contributed by atoms with Crippen molar-refractivity contribution in [3.63, 3.8) is 0 Å². The highest BCUT2D eigenvalue weighted by Gasteiger charge is 2.12. The molecule has 0 spiro atoms. The van der Waals surface area contributed by atoms with Crippen molar-refractivity contribution in [1.82, 2.24) is 9.80 Å². The molecular weight excluding hydrogens is 315 g/mol. The number of halogens is 1. The smallest absolute Gasteiger partial charge is 0.246 e. The van der Waals surface area contributed by atoms with Gasteiger partial charge < -0.3 is 9.80 Å². The van der Waals surface area contributed by atoms with Crippen molar-refractivity contribution in [2.75, 3.05) is 27.2 Å². The summed E-state index contributed by atoms with van der Waals surface area (Å²) in [6.45, 7) is 3.88. The van der Waals surface area contributed by atoms with Gasteiger partial charge in [0, 0.05) is 25.7 Å². The van der Waals surface area contributed by atoms with Gasteiger partial charge in [0.15, 0.2) is 0 Å². The topological polar surface area (TPSA) is 23.6 Å². The van der Waals surface area contributed by atoms with Crippen molar-refractivity contribution in [1.29, 1.82) is 0 Å². The van der Waals surface area contributed by atoms with Gasteiger partial charge in [0.1, 0.15) is 5.82 Å². The van der Waals surface area contributed by atoms with Gasteiger partial charge in [0.05, 0.1) is 0 Å². The van der Waals surface area contributed by atoms with Crippen molar-refractivity contribution in [3.8, 4) is 0 Å². The van der Waals surface area contributed by atoms with Crippen LogP contribution in [-0.2, 0) is 11.3 Å². The van der Waals surface area contributed by atoms with Crippen LogP contribution in [0.1, 0.15) is 16.7 Å². The van der Waals surface area contributed by atoms with Crippen LogP contribution in [0.4, 0.5) is 4.39 Å². The Morgan fingerprint density at radius 1 is 1.00 bits per heavy atom. The average molecular weight is 340 g/mol. The van der Waals surface area contributed by atoms with E-state index in [1.54, 1.807) is 23.1 Å². The normalized spacial score (nSPS) is 11.2. The maximum atomic E-state index is 13.1. The molecule has 3 nitrogen and oxygen atoms in total. The van der Waals surface area contributed by atoms with Gasteiger partial charge in [-0.05, 0) is 50.4 Å². The van der Waals surface area contributed by atoms with Crippen molar-refractivity contribution in [3.05, 3.63) is 77.1 Å². The minimum Gasteiger partial charge on any atom is -0.334 e. The highest BCUT2D eigenvalue weighted by Crippen LogP contribution is 2.09. The lowest BCUT2D eigenvalue weighted by atomic mass is 10.1. The Morgan fingerprint density at radius 3 is 2.24 bits per heavy atom. The molecule has 0 aromatic heterocycles. The molecule has 2 rings (SSSR count). The molecule has 1 amide bonds. The first-order valence-electron chi connectivity index (χ1n) is 8.37. The Morgan fingerprint density at radius 2 is 1.64 bits per heavy atom. The van der Waals surface area contributed by atoms with Gasteiger partial charge in [-0.25, -0.2) is 4.39 Å². The van der Waals surface area contributed by atoms with E-state index in [0.717, 1.165) is 17.7 Å². The third-order valence-corrected chi connectivity index (χ3v) is 3.91. The summed E-state index contributed by atoms with van der Waals surface area (Å²) in [7, 11) is 3.95. The number of carbonyl (C=O) groups excluding carboxylic acids is 1.